The van der Waals surface area contributed by atoms with Crippen LogP contribution < -0.4 is 10.6 Å². The Morgan fingerprint density at radius 1 is 1.22 bits per heavy atom. The lowest BCUT2D eigenvalue weighted by atomic mass is 9.99. The summed E-state index contributed by atoms with van der Waals surface area (Å²) in [7, 11) is 0. The Morgan fingerprint density at radius 2 is 2.00 bits per heavy atom. The number of nitrogens with one attached hydrogen (secondary N) is 2. The van der Waals surface area contributed by atoms with E-state index in [-0.39, 0.29) is 25.8 Å². The van der Waals surface area contributed by atoms with Crippen molar-refractivity contribution in [3.05, 3.63) is 71.3 Å². The molecule has 1 saturated carbocycles. The van der Waals surface area contributed by atoms with Gasteiger partial charge in [-0.3, -0.25) is 4.90 Å². The standard InChI is InChI=1S/C24H29N3O5/c1-2-31-23(29)21-18(25-24(30)26-22(21)20-9-6-12-32-20)14-27(19(15-28)17-10-11-17)13-16-7-4-3-5-8-16/h3-9,12,17,19,22,28H,2,10-11,13-15H2,1H3,(H2,25,26,30). The van der Waals surface area contributed by atoms with Crippen molar-refractivity contribution < 1.29 is 23.8 Å². The summed E-state index contributed by atoms with van der Waals surface area (Å²) in [4.78, 5) is 27.6. The monoisotopic (exact) mass is 439 g/mol. The summed E-state index contributed by atoms with van der Waals surface area (Å²) < 4.78 is 10.8. The first-order chi connectivity index (χ1) is 15.6. The number of furan rings is 1. The first-order valence-corrected chi connectivity index (χ1v) is 11.0. The molecule has 2 aromatic rings. The van der Waals surface area contributed by atoms with E-state index in [2.05, 4.69) is 15.5 Å². The van der Waals surface area contributed by atoms with E-state index in [1.807, 2.05) is 30.3 Å². The van der Waals surface area contributed by atoms with Crippen molar-refractivity contribution in [1.29, 1.82) is 0 Å². The number of carbonyl (C=O) groups excluding carboxylic acids is 2. The van der Waals surface area contributed by atoms with E-state index in [4.69, 9.17) is 9.15 Å². The minimum absolute atomic E-state index is 0.00727. The molecular weight excluding hydrogens is 410 g/mol. The van der Waals surface area contributed by atoms with Crippen molar-refractivity contribution >= 4 is 12.0 Å². The highest BCUT2D eigenvalue weighted by atomic mass is 16.5. The predicted molar refractivity (Wildman–Crippen MR) is 117 cm³/mol. The highest BCUT2D eigenvalue weighted by Crippen LogP contribution is 2.37. The molecule has 0 bridgehead atoms. The smallest absolute Gasteiger partial charge is 0.338 e. The molecule has 8 nitrogen and oxygen atoms in total. The number of aliphatic hydroxyl groups excluding tert-OH is 1. The van der Waals surface area contributed by atoms with E-state index < -0.39 is 18.0 Å². The molecule has 8 heteroatoms. The molecule has 0 spiro atoms. The van der Waals surface area contributed by atoms with Crippen LogP contribution in [0.5, 0.6) is 0 Å². The van der Waals surface area contributed by atoms with Gasteiger partial charge in [0.1, 0.15) is 11.8 Å². The summed E-state index contributed by atoms with van der Waals surface area (Å²) in [6, 6.07) is 12.2. The third-order valence-corrected chi connectivity index (χ3v) is 5.89. The number of amides is 2. The molecule has 1 aromatic carbocycles. The fraction of sp³-hybridized carbons (Fsp3) is 0.417. The molecule has 32 heavy (non-hydrogen) atoms. The van der Waals surface area contributed by atoms with E-state index in [9.17, 15) is 14.7 Å². The summed E-state index contributed by atoms with van der Waals surface area (Å²) in [5.74, 6) is 0.340. The highest BCUT2D eigenvalue weighted by molar-refractivity contribution is 5.95. The largest absolute Gasteiger partial charge is 0.467 e. The number of nitrogens with zero attached hydrogens (tertiary/aromatic N) is 1. The van der Waals surface area contributed by atoms with Crippen LogP contribution >= 0.6 is 0 Å². The second-order valence-electron chi connectivity index (χ2n) is 8.14. The Labute approximate surface area is 187 Å². The number of rotatable bonds is 10. The average molecular weight is 440 g/mol. The van der Waals surface area contributed by atoms with Gasteiger partial charge in [-0.05, 0) is 43.4 Å². The van der Waals surface area contributed by atoms with Crippen LogP contribution in [0.25, 0.3) is 0 Å². The Bertz CT molecular complexity index is 953. The molecule has 2 unspecified atom stereocenters. The van der Waals surface area contributed by atoms with Crippen LogP contribution in [0.2, 0.25) is 0 Å². The Hall–Kier alpha value is -3.10. The van der Waals surface area contributed by atoms with Crippen molar-refractivity contribution in [3.8, 4) is 0 Å². The number of urea groups is 1. The molecule has 3 N–H and O–H groups in total. The SMILES string of the molecule is CCOC(=O)C1=C(CN(Cc2ccccc2)C(CO)C2CC2)NC(=O)NC1c1ccco1. The van der Waals surface area contributed by atoms with Gasteiger partial charge in [0.05, 0.1) is 25.1 Å². The maximum absolute atomic E-state index is 13.0. The van der Waals surface area contributed by atoms with Crippen LogP contribution in [0.4, 0.5) is 4.79 Å². The summed E-state index contributed by atoms with van der Waals surface area (Å²) in [5.41, 5.74) is 1.86. The van der Waals surface area contributed by atoms with E-state index in [1.54, 1.807) is 19.1 Å². The number of ether oxygens (including phenoxy) is 1. The van der Waals surface area contributed by atoms with Gasteiger partial charge in [0.25, 0.3) is 0 Å². The van der Waals surface area contributed by atoms with Crippen LogP contribution in [0.3, 0.4) is 0 Å². The zero-order valence-corrected chi connectivity index (χ0v) is 18.1. The summed E-state index contributed by atoms with van der Waals surface area (Å²) in [6.45, 7) is 2.83. The fourth-order valence-corrected chi connectivity index (χ4v) is 4.22. The molecule has 170 valence electrons. The van der Waals surface area contributed by atoms with Crippen LogP contribution in [0.1, 0.15) is 37.1 Å². The van der Waals surface area contributed by atoms with Gasteiger partial charge >= 0.3 is 12.0 Å². The average Bonchev–Trinajstić information content (AvgIpc) is 3.46. The van der Waals surface area contributed by atoms with Crippen LogP contribution in [0, 0.1) is 5.92 Å². The maximum atomic E-state index is 13.0. The molecule has 1 aliphatic heterocycles. The number of hydrogen-bond acceptors (Lipinski definition) is 6. The Balaban J connectivity index is 1.71. The van der Waals surface area contributed by atoms with Crippen molar-refractivity contribution in [2.75, 3.05) is 19.8 Å². The molecule has 1 aromatic heterocycles. The zero-order chi connectivity index (χ0) is 22.5. The van der Waals surface area contributed by atoms with Gasteiger partial charge in [-0.25, -0.2) is 9.59 Å². The molecular formula is C24H29N3O5. The molecule has 0 saturated heterocycles. The second kappa shape index (κ2) is 10.0. The quantitative estimate of drug-likeness (QED) is 0.492. The Kier molecular flexibility index (Phi) is 6.92. The summed E-state index contributed by atoms with van der Waals surface area (Å²) in [6.07, 6.45) is 3.62. The van der Waals surface area contributed by atoms with Crippen molar-refractivity contribution in [2.24, 2.45) is 5.92 Å². The molecule has 1 fully saturated rings. The first-order valence-electron chi connectivity index (χ1n) is 11.0. The predicted octanol–water partition coefficient (Wildman–Crippen LogP) is 2.72. The van der Waals surface area contributed by atoms with E-state index in [0.717, 1.165) is 18.4 Å². The minimum Gasteiger partial charge on any atom is -0.467 e. The highest BCUT2D eigenvalue weighted by Gasteiger charge is 2.39. The lowest BCUT2D eigenvalue weighted by Crippen LogP contribution is -2.50. The lowest BCUT2D eigenvalue weighted by Gasteiger charge is -2.35. The molecule has 4 rings (SSSR count). The van der Waals surface area contributed by atoms with Crippen LogP contribution in [-0.2, 0) is 16.1 Å². The number of hydrogen-bond donors (Lipinski definition) is 3. The van der Waals surface area contributed by atoms with Gasteiger partial charge in [-0.1, -0.05) is 30.3 Å². The van der Waals surface area contributed by atoms with Gasteiger partial charge in [0.2, 0.25) is 0 Å². The third-order valence-electron chi connectivity index (χ3n) is 5.89. The zero-order valence-electron chi connectivity index (χ0n) is 18.1. The number of benzene rings is 1. The lowest BCUT2D eigenvalue weighted by molar-refractivity contribution is -0.139. The minimum atomic E-state index is -0.750. The maximum Gasteiger partial charge on any atom is 0.338 e. The molecule has 2 atom stereocenters. The number of aliphatic hydroxyl groups is 1. The van der Waals surface area contributed by atoms with E-state index in [1.165, 1.54) is 6.26 Å². The van der Waals surface area contributed by atoms with Gasteiger partial charge in [-0.15, -0.1) is 0 Å². The third kappa shape index (κ3) is 5.03. The molecule has 0 radical (unpaired) electrons. The number of carbonyl (C=O) groups is 2. The normalized spacial score (nSPS) is 19.5. The number of esters is 1. The van der Waals surface area contributed by atoms with Gasteiger partial charge in [0, 0.05) is 24.8 Å². The molecule has 2 amide bonds. The molecule has 2 heterocycles. The summed E-state index contributed by atoms with van der Waals surface area (Å²) >= 11 is 0. The summed E-state index contributed by atoms with van der Waals surface area (Å²) in [5, 5.41) is 15.7. The first kappa shape index (κ1) is 22.1. The molecule has 2 aliphatic rings. The van der Waals surface area contributed by atoms with Crippen LogP contribution in [-0.4, -0.2) is 47.8 Å². The molecule has 1 aliphatic carbocycles. The Morgan fingerprint density at radius 3 is 2.62 bits per heavy atom. The fourth-order valence-electron chi connectivity index (χ4n) is 4.22. The van der Waals surface area contributed by atoms with E-state index in [0.29, 0.717) is 29.5 Å². The van der Waals surface area contributed by atoms with E-state index >= 15 is 0 Å². The topological polar surface area (TPSA) is 104 Å². The van der Waals surface area contributed by atoms with Gasteiger partial charge < -0.3 is 24.9 Å². The van der Waals surface area contributed by atoms with Gasteiger partial charge in [-0.2, -0.15) is 0 Å². The van der Waals surface area contributed by atoms with Gasteiger partial charge in [0.15, 0.2) is 0 Å². The van der Waals surface area contributed by atoms with Crippen LogP contribution in [0.15, 0.2) is 64.4 Å². The van der Waals surface area contributed by atoms with Crippen molar-refractivity contribution in [2.45, 2.75) is 38.4 Å². The second-order valence-corrected chi connectivity index (χ2v) is 8.14. The van der Waals surface area contributed by atoms with Crippen molar-refractivity contribution in [3.63, 3.8) is 0 Å². The van der Waals surface area contributed by atoms with Crippen molar-refractivity contribution in [1.82, 2.24) is 15.5 Å².